The number of hydrogen-bond donors (Lipinski definition) is 0. The van der Waals surface area contributed by atoms with Crippen molar-refractivity contribution in [2.75, 3.05) is 7.11 Å². The number of amides is 1. The maximum Gasteiger partial charge on any atom is 0.210 e. The highest BCUT2D eigenvalue weighted by atomic mass is 16.5. The first-order valence-electron chi connectivity index (χ1n) is 6.18. The van der Waals surface area contributed by atoms with E-state index in [1.54, 1.807) is 12.0 Å². The van der Waals surface area contributed by atoms with Crippen LogP contribution >= 0.6 is 0 Å². The fourth-order valence-corrected chi connectivity index (χ4v) is 1.91. The van der Waals surface area contributed by atoms with E-state index in [2.05, 4.69) is 0 Å². The highest BCUT2D eigenvalue weighted by Crippen LogP contribution is 2.13. The number of carbonyl (C=O) groups is 1. The van der Waals surface area contributed by atoms with Crippen LogP contribution in [0.4, 0.5) is 0 Å². The molecule has 3 nitrogen and oxygen atoms in total. The van der Waals surface area contributed by atoms with Crippen molar-refractivity contribution in [3.05, 3.63) is 65.7 Å². The second-order valence-electron chi connectivity index (χ2n) is 4.34. The number of nitrogens with zero attached hydrogens (tertiary/aromatic N) is 1. The molecule has 0 saturated carbocycles. The normalized spacial score (nSPS) is 9.95. The summed E-state index contributed by atoms with van der Waals surface area (Å²) in [4.78, 5) is 12.9. The molecule has 0 aliphatic heterocycles. The summed E-state index contributed by atoms with van der Waals surface area (Å²) in [5, 5.41) is 0. The van der Waals surface area contributed by atoms with Crippen LogP contribution in [0.3, 0.4) is 0 Å². The minimum Gasteiger partial charge on any atom is -0.497 e. The van der Waals surface area contributed by atoms with Gasteiger partial charge in [0.25, 0.3) is 0 Å². The number of methoxy groups -OCH3 is 1. The van der Waals surface area contributed by atoms with Gasteiger partial charge in [-0.25, -0.2) is 0 Å². The zero-order chi connectivity index (χ0) is 13.5. The first kappa shape index (κ1) is 13.1. The van der Waals surface area contributed by atoms with Gasteiger partial charge in [0.15, 0.2) is 0 Å². The van der Waals surface area contributed by atoms with Crippen LogP contribution in [0.5, 0.6) is 5.75 Å². The van der Waals surface area contributed by atoms with Crippen molar-refractivity contribution >= 4 is 6.41 Å². The van der Waals surface area contributed by atoms with Crippen LogP contribution in [0.15, 0.2) is 54.6 Å². The molecule has 19 heavy (non-hydrogen) atoms. The van der Waals surface area contributed by atoms with Crippen LogP contribution in [-0.4, -0.2) is 18.4 Å². The zero-order valence-corrected chi connectivity index (χ0v) is 11.0. The predicted octanol–water partition coefficient (Wildman–Crippen LogP) is 2.85. The van der Waals surface area contributed by atoms with Gasteiger partial charge in [0.1, 0.15) is 5.75 Å². The Morgan fingerprint density at radius 2 is 1.53 bits per heavy atom. The topological polar surface area (TPSA) is 29.5 Å². The van der Waals surface area contributed by atoms with Gasteiger partial charge in [0, 0.05) is 13.1 Å². The third kappa shape index (κ3) is 3.85. The number of carbonyl (C=O) groups excluding carboxylic acids is 1. The summed E-state index contributed by atoms with van der Waals surface area (Å²) >= 11 is 0. The maximum absolute atomic E-state index is 11.1. The smallest absolute Gasteiger partial charge is 0.210 e. The minimum absolute atomic E-state index is 0.600. The monoisotopic (exact) mass is 255 g/mol. The van der Waals surface area contributed by atoms with E-state index in [1.807, 2.05) is 54.6 Å². The second-order valence-corrected chi connectivity index (χ2v) is 4.34. The largest absolute Gasteiger partial charge is 0.497 e. The SMILES string of the molecule is COc1ccc(CN(C=O)Cc2ccccc2)cc1. The van der Waals surface area contributed by atoms with Crippen LogP contribution in [0, 0.1) is 0 Å². The van der Waals surface area contributed by atoms with Crippen molar-refractivity contribution in [2.24, 2.45) is 0 Å². The summed E-state index contributed by atoms with van der Waals surface area (Å²) in [5.74, 6) is 0.824. The van der Waals surface area contributed by atoms with Crippen LogP contribution < -0.4 is 4.74 Å². The average molecular weight is 255 g/mol. The standard InChI is InChI=1S/C16H17NO2/c1-19-16-9-7-15(8-10-16)12-17(13-18)11-14-5-3-2-4-6-14/h2-10,13H,11-12H2,1H3. The van der Waals surface area contributed by atoms with Crippen molar-refractivity contribution in [1.82, 2.24) is 4.90 Å². The number of ether oxygens (including phenoxy) is 1. The molecular weight excluding hydrogens is 238 g/mol. The Morgan fingerprint density at radius 3 is 2.05 bits per heavy atom. The van der Waals surface area contributed by atoms with E-state index >= 15 is 0 Å². The summed E-state index contributed by atoms with van der Waals surface area (Å²) in [6.45, 7) is 1.22. The van der Waals surface area contributed by atoms with E-state index in [9.17, 15) is 4.79 Å². The van der Waals surface area contributed by atoms with Crippen molar-refractivity contribution in [2.45, 2.75) is 13.1 Å². The first-order chi connectivity index (χ1) is 9.31. The quantitative estimate of drug-likeness (QED) is 0.743. The van der Waals surface area contributed by atoms with E-state index in [4.69, 9.17) is 4.74 Å². The molecule has 2 aromatic carbocycles. The van der Waals surface area contributed by atoms with Gasteiger partial charge < -0.3 is 9.64 Å². The first-order valence-corrected chi connectivity index (χ1v) is 6.18. The Morgan fingerprint density at radius 1 is 0.947 bits per heavy atom. The Kier molecular flexibility index (Phi) is 4.56. The highest BCUT2D eigenvalue weighted by molar-refractivity contribution is 5.48. The lowest BCUT2D eigenvalue weighted by Gasteiger charge is -2.17. The lowest BCUT2D eigenvalue weighted by molar-refractivity contribution is -0.119. The molecule has 0 fully saturated rings. The molecule has 0 radical (unpaired) electrons. The van der Waals surface area contributed by atoms with Crippen molar-refractivity contribution < 1.29 is 9.53 Å². The van der Waals surface area contributed by atoms with Crippen LogP contribution in [0.1, 0.15) is 11.1 Å². The second kappa shape index (κ2) is 6.59. The third-order valence-corrected chi connectivity index (χ3v) is 2.92. The number of benzene rings is 2. The lowest BCUT2D eigenvalue weighted by atomic mass is 10.2. The van der Waals surface area contributed by atoms with Crippen molar-refractivity contribution in [1.29, 1.82) is 0 Å². The summed E-state index contributed by atoms with van der Waals surface area (Å²) in [6.07, 6.45) is 0.886. The third-order valence-electron chi connectivity index (χ3n) is 2.92. The molecular formula is C16H17NO2. The van der Waals surface area contributed by atoms with Crippen LogP contribution in [-0.2, 0) is 17.9 Å². The average Bonchev–Trinajstić information content (AvgIpc) is 2.48. The number of hydrogen-bond acceptors (Lipinski definition) is 2. The molecule has 0 saturated heterocycles. The van der Waals surface area contributed by atoms with Gasteiger partial charge in [-0.2, -0.15) is 0 Å². The molecule has 3 heteroatoms. The van der Waals surface area contributed by atoms with Gasteiger partial charge in [0.05, 0.1) is 7.11 Å². The molecule has 0 N–H and O–H groups in total. The van der Waals surface area contributed by atoms with E-state index in [0.717, 1.165) is 23.3 Å². The Balaban J connectivity index is 2.00. The Hall–Kier alpha value is -2.29. The molecule has 0 aromatic heterocycles. The summed E-state index contributed by atoms with van der Waals surface area (Å²) in [6, 6.07) is 17.7. The molecule has 0 bridgehead atoms. The molecule has 2 rings (SSSR count). The summed E-state index contributed by atoms with van der Waals surface area (Å²) in [5.41, 5.74) is 2.21. The van der Waals surface area contributed by atoms with Gasteiger partial charge in [-0.05, 0) is 23.3 Å². The predicted molar refractivity (Wildman–Crippen MR) is 74.7 cm³/mol. The highest BCUT2D eigenvalue weighted by Gasteiger charge is 2.04. The molecule has 0 aliphatic carbocycles. The minimum atomic E-state index is 0.600. The number of rotatable bonds is 6. The van der Waals surface area contributed by atoms with Crippen LogP contribution in [0.2, 0.25) is 0 Å². The molecule has 2 aromatic rings. The van der Waals surface area contributed by atoms with Crippen LogP contribution in [0.25, 0.3) is 0 Å². The fraction of sp³-hybridized carbons (Fsp3) is 0.188. The maximum atomic E-state index is 11.1. The molecule has 1 amide bonds. The summed E-state index contributed by atoms with van der Waals surface area (Å²) < 4.78 is 5.11. The Bertz CT molecular complexity index is 508. The summed E-state index contributed by atoms with van der Waals surface area (Å²) in [7, 11) is 1.64. The fourth-order valence-electron chi connectivity index (χ4n) is 1.91. The van der Waals surface area contributed by atoms with Gasteiger partial charge in [0.2, 0.25) is 6.41 Å². The molecule has 0 spiro atoms. The molecule has 98 valence electrons. The van der Waals surface area contributed by atoms with E-state index < -0.39 is 0 Å². The molecule has 0 unspecified atom stereocenters. The van der Waals surface area contributed by atoms with Gasteiger partial charge in [-0.1, -0.05) is 42.5 Å². The van der Waals surface area contributed by atoms with E-state index in [0.29, 0.717) is 13.1 Å². The Labute approximate surface area is 113 Å². The van der Waals surface area contributed by atoms with Gasteiger partial charge in [-0.15, -0.1) is 0 Å². The molecule has 0 atom stereocenters. The van der Waals surface area contributed by atoms with E-state index in [1.165, 1.54) is 0 Å². The van der Waals surface area contributed by atoms with Crippen molar-refractivity contribution in [3.8, 4) is 5.75 Å². The molecule has 0 heterocycles. The lowest BCUT2D eigenvalue weighted by Crippen LogP contribution is -2.20. The van der Waals surface area contributed by atoms with Crippen molar-refractivity contribution in [3.63, 3.8) is 0 Å². The van der Waals surface area contributed by atoms with Gasteiger partial charge in [-0.3, -0.25) is 4.79 Å². The molecule has 0 aliphatic rings. The van der Waals surface area contributed by atoms with Gasteiger partial charge >= 0.3 is 0 Å². The zero-order valence-electron chi connectivity index (χ0n) is 11.0. The van der Waals surface area contributed by atoms with E-state index in [-0.39, 0.29) is 0 Å².